The van der Waals surface area contributed by atoms with Crippen molar-refractivity contribution >= 4 is 29.1 Å². The molecule has 0 bridgehead atoms. The van der Waals surface area contributed by atoms with Crippen molar-refractivity contribution < 1.29 is 23.9 Å². The minimum atomic E-state index is -0.927. The van der Waals surface area contributed by atoms with Crippen LogP contribution in [-0.4, -0.2) is 28.9 Å². The minimum Gasteiger partial charge on any atom is -0.463 e. The number of esters is 1. The third-order valence-corrected chi connectivity index (χ3v) is 6.59. The van der Waals surface area contributed by atoms with E-state index in [-0.39, 0.29) is 30.2 Å². The Morgan fingerprint density at radius 3 is 2.86 bits per heavy atom. The van der Waals surface area contributed by atoms with Gasteiger partial charge in [0.1, 0.15) is 0 Å². The second-order valence-corrected chi connectivity index (χ2v) is 8.78. The number of nitro groups is 1. The highest BCUT2D eigenvalue weighted by Gasteiger charge is 2.34. The van der Waals surface area contributed by atoms with Crippen LogP contribution < -0.4 is 24.4 Å². The van der Waals surface area contributed by atoms with Crippen LogP contribution in [0.25, 0.3) is 6.08 Å². The Morgan fingerprint density at radius 2 is 2.09 bits per heavy atom. The summed E-state index contributed by atoms with van der Waals surface area (Å²) in [6.07, 6.45) is 1.71. The van der Waals surface area contributed by atoms with Crippen LogP contribution in [0.2, 0.25) is 0 Å². The van der Waals surface area contributed by atoms with Crippen molar-refractivity contribution in [2.24, 2.45) is 4.99 Å². The maximum atomic E-state index is 13.6. The molecule has 5 rings (SSSR count). The molecule has 0 saturated carbocycles. The van der Waals surface area contributed by atoms with Gasteiger partial charge in [-0.25, -0.2) is 9.79 Å². The summed E-state index contributed by atoms with van der Waals surface area (Å²) >= 11 is 1.17. The van der Waals surface area contributed by atoms with E-state index in [1.54, 1.807) is 44.2 Å². The van der Waals surface area contributed by atoms with Gasteiger partial charge in [-0.3, -0.25) is 19.5 Å². The van der Waals surface area contributed by atoms with Crippen LogP contribution in [0, 0.1) is 10.1 Å². The summed E-state index contributed by atoms with van der Waals surface area (Å²) in [5.41, 5.74) is 1.16. The Hall–Kier alpha value is -4.25. The molecule has 3 aromatic rings. The van der Waals surface area contributed by atoms with Crippen molar-refractivity contribution in [3.05, 3.63) is 94.7 Å². The average molecular weight is 493 g/mol. The molecule has 2 aliphatic heterocycles. The lowest BCUT2D eigenvalue weighted by Crippen LogP contribution is -2.39. The van der Waals surface area contributed by atoms with Crippen LogP contribution in [0.4, 0.5) is 5.69 Å². The molecule has 0 fully saturated rings. The molecule has 0 spiro atoms. The molecule has 0 amide bonds. The summed E-state index contributed by atoms with van der Waals surface area (Å²) in [6.45, 7) is 3.61. The Balaban J connectivity index is 1.71. The maximum absolute atomic E-state index is 13.6. The summed E-state index contributed by atoms with van der Waals surface area (Å²) in [7, 11) is 0. The molecule has 2 aliphatic rings. The zero-order valence-corrected chi connectivity index (χ0v) is 19.5. The van der Waals surface area contributed by atoms with Gasteiger partial charge in [0.25, 0.3) is 11.2 Å². The maximum Gasteiger partial charge on any atom is 0.338 e. The first-order valence-electron chi connectivity index (χ1n) is 10.7. The van der Waals surface area contributed by atoms with Gasteiger partial charge in [-0.2, -0.15) is 0 Å². The number of aromatic nitrogens is 1. The highest BCUT2D eigenvalue weighted by Crippen LogP contribution is 2.33. The van der Waals surface area contributed by atoms with E-state index in [2.05, 4.69) is 4.99 Å². The molecule has 2 aromatic carbocycles. The summed E-state index contributed by atoms with van der Waals surface area (Å²) in [4.78, 5) is 42.3. The number of rotatable bonds is 5. The average Bonchev–Trinajstić information content (AvgIpc) is 3.42. The first kappa shape index (κ1) is 22.5. The SMILES string of the molecule is CCOC(=O)C1=C(C)N=c2sc(=Cc3ccc4c(c3)OCO4)c(=O)n2C1c1cccc([N+](=O)[O-])c1. The molecule has 1 unspecified atom stereocenters. The number of carbonyl (C=O) groups excluding carboxylic acids is 1. The lowest BCUT2D eigenvalue weighted by atomic mass is 9.95. The van der Waals surface area contributed by atoms with E-state index in [9.17, 15) is 19.7 Å². The lowest BCUT2D eigenvalue weighted by Gasteiger charge is -2.24. The molecule has 0 aliphatic carbocycles. The molecule has 0 N–H and O–H groups in total. The molecule has 178 valence electrons. The zero-order valence-electron chi connectivity index (χ0n) is 18.7. The number of hydrogen-bond acceptors (Lipinski definition) is 9. The summed E-state index contributed by atoms with van der Waals surface area (Å²) in [6, 6.07) is 10.3. The Bertz CT molecular complexity index is 1590. The third-order valence-electron chi connectivity index (χ3n) is 5.61. The van der Waals surface area contributed by atoms with E-state index in [1.807, 2.05) is 0 Å². The summed E-state index contributed by atoms with van der Waals surface area (Å²) in [5.74, 6) is 0.584. The first-order chi connectivity index (χ1) is 16.9. The quantitative estimate of drug-likeness (QED) is 0.304. The Kier molecular flexibility index (Phi) is 5.69. The van der Waals surface area contributed by atoms with Crippen molar-refractivity contribution in [1.29, 1.82) is 0 Å². The van der Waals surface area contributed by atoms with Gasteiger partial charge >= 0.3 is 5.97 Å². The number of carbonyl (C=O) groups is 1. The molecule has 10 nitrogen and oxygen atoms in total. The van der Waals surface area contributed by atoms with Crippen LogP contribution in [0.15, 0.2) is 63.5 Å². The number of fused-ring (bicyclic) bond motifs is 2. The van der Waals surface area contributed by atoms with Gasteiger partial charge < -0.3 is 14.2 Å². The van der Waals surface area contributed by atoms with Crippen LogP contribution in [-0.2, 0) is 9.53 Å². The van der Waals surface area contributed by atoms with Crippen molar-refractivity contribution in [2.75, 3.05) is 13.4 Å². The van der Waals surface area contributed by atoms with E-state index in [4.69, 9.17) is 14.2 Å². The molecule has 0 radical (unpaired) electrons. The largest absolute Gasteiger partial charge is 0.463 e. The van der Waals surface area contributed by atoms with Crippen LogP contribution >= 0.6 is 11.3 Å². The number of allylic oxidation sites excluding steroid dienone is 1. The first-order valence-corrected chi connectivity index (χ1v) is 11.5. The van der Waals surface area contributed by atoms with E-state index in [0.717, 1.165) is 5.56 Å². The fourth-order valence-corrected chi connectivity index (χ4v) is 5.12. The van der Waals surface area contributed by atoms with E-state index >= 15 is 0 Å². The van der Waals surface area contributed by atoms with Crippen LogP contribution in [0.5, 0.6) is 11.5 Å². The monoisotopic (exact) mass is 493 g/mol. The number of nitro benzene ring substituents is 1. The molecular formula is C24H19N3O7S. The minimum absolute atomic E-state index is 0.131. The summed E-state index contributed by atoms with van der Waals surface area (Å²) < 4.78 is 17.8. The molecule has 1 atom stereocenters. The number of thiazole rings is 1. The fourth-order valence-electron chi connectivity index (χ4n) is 4.07. The molecule has 0 saturated heterocycles. The van der Waals surface area contributed by atoms with Crippen LogP contribution in [0.3, 0.4) is 0 Å². The smallest absolute Gasteiger partial charge is 0.338 e. The lowest BCUT2D eigenvalue weighted by molar-refractivity contribution is -0.384. The normalized spacial score (nSPS) is 16.6. The molecule has 3 heterocycles. The molecular weight excluding hydrogens is 474 g/mol. The topological polar surface area (TPSA) is 122 Å². The predicted molar refractivity (Wildman–Crippen MR) is 126 cm³/mol. The Morgan fingerprint density at radius 1 is 1.29 bits per heavy atom. The van der Waals surface area contributed by atoms with Crippen molar-refractivity contribution in [1.82, 2.24) is 4.57 Å². The van der Waals surface area contributed by atoms with E-state index in [0.29, 0.717) is 32.1 Å². The molecule has 35 heavy (non-hydrogen) atoms. The highest BCUT2D eigenvalue weighted by atomic mass is 32.1. The number of benzene rings is 2. The molecule has 1 aromatic heterocycles. The number of non-ortho nitro benzene ring substituents is 1. The zero-order chi connectivity index (χ0) is 24.7. The number of ether oxygens (including phenoxy) is 3. The summed E-state index contributed by atoms with van der Waals surface area (Å²) in [5, 5.41) is 11.4. The van der Waals surface area contributed by atoms with Crippen molar-refractivity contribution in [3.63, 3.8) is 0 Å². The number of hydrogen-bond donors (Lipinski definition) is 0. The Labute approximate surface area is 202 Å². The third kappa shape index (κ3) is 3.99. The number of nitrogens with zero attached hydrogens (tertiary/aromatic N) is 3. The van der Waals surface area contributed by atoms with Crippen LogP contribution in [0.1, 0.15) is 31.0 Å². The fraction of sp³-hybridized carbons (Fsp3) is 0.208. The van der Waals surface area contributed by atoms with Crippen molar-refractivity contribution in [3.8, 4) is 11.5 Å². The molecule has 11 heteroatoms. The highest BCUT2D eigenvalue weighted by molar-refractivity contribution is 7.07. The van der Waals surface area contributed by atoms with Crippen molar-refractivity contribution in [2.45, 2.75) is 19.9 Å². The second kappa shape index (κ2) is 8.84. The van der Waals surface area contributed by atoms with E-state index < -0.39 is 16.9 Å². The van der Waals surface area contributed by atoms with Gasteiger partial charge in [-0.05, 0) is 43.2 Å². The standard InChI is InChI=1S/C24H19N3O7S/c1-3-32-23(29)20-13(2)25-24-26(21(20)15-5-4-6-16(11-15)27(30)31)22(28)19(35-24)10-14-7-8-17-18(9-14)34-12-33-17/h4-11,21H,3,12H2,1-2H3. The van der Waals surface area contributed by atoms with Gasteiger partial charge in [0.05, 0.1) is 33.4 Å². The predicted octanol–water partition coefficient (Wildman–Crippen LogP) is 2.44. The van der Waals surface area contributed by atoms with Gasteiger partial charge in [0.15, 0.2) is 16.3 Å². The van der Waals surface area contributed by atoms with Gasteiger partial charge in [-0.15, -0.1) is 0 Å². The van der Waals surface area contributed by atoms with Gasteiger partial charge in [0, 0.05) is 12.1 Å². The van der Waals surface area contributed by atoms with Gasteiger partial charge in [-0.1, -0.05) is 29.5 Å². The van der Waals surface area contributed by atoms with E-state index in [1.165, 1.54) is 34.1 Å². The van der Waals surface area contributed by atoms with Gasteiger partial charge in [0.2, 0.25) is 6.79 Å². The second-order valence-electron chi connectivity index (χ2n) is 7.77.